The molecule has 0 aliphatic heterocycles. The normalized spacial score (nSPS) is 12.3. The summed E-state index contributed by atoms with van der Waals surface area (Å²) in [5.74, 6) is -1.39. The molecule has 0 fully saturated rings. The highest BCUT2D eigenvalue weighted by Gasteiger charge is 2.16. The van der Waals surface area contributed by atoms with Crippen molar-refractivity contribution in [2.24, 2.45) is 0 Å². The smallest absolute Gasteiger partial charge is 0.325 e. The molecule has 0 spiro atoms. The first-order valence-electron chi connectivity index (χ1n) is 6.38. The Morgan fingerprint density at radius 2 is 1.95 bits per heavy atom. The maximum atomic E-state index is 11.8. The van der Waals surface area contributed by atoms with E-state index in [-0.39, 0.29) is 12.3 Å². The molecule has 0 unspecified atom stereocenters. The van der Waals surface area contributed by atoms with E-state index in [1.54, 1.807) is 6.26 Å². The molecule has 5 nitrogen and oxygen atoms in total. The Kier molecular flexibility index (Phi) is 3.79. The van der Waals surface area contributed by atoms with Crippen LogP contribution in [0.1, 0.15) is 23.6 Å². The first-order chi connectivity index (χ1) is 9.38. The van der Waals surface area contributed by atoms with Crippen molar-refractivity contribution in [1.82, 2.24) is 5.32 Å². The van der Waals surface area contributed by atoms with Gasteiger partial charge >= 0.3 is 5.97 Å². The van der Waals surface area contributed by atoms with Gasteiger partial charge in [-0.1, -0.05) is 0 Å². The van der Waals surface area contributed by atoms with E-state index in [9.17, 15) is 9.59 Å². The summed E-state index contributed by atoms with van der Waals surface area (Å²) in [5.41, 5.74) is 3.75. The summed E-state index contributed by atoms with van der Waals surface area (Å²) in [6, 6.07) is 3.02. The van der Waals surface area contributed by atoms with E-state index in [4.69, 9.17) is 9.52 Å². The lowest BCUT2D eigenvalue weighted by Gasteiger charge is -2.08. The van der Waals surface area contributed by atoms with Crippen molar-refractivity contribution in [2.75, 3.05) is 0 Å². The van der Waals surface area contributed by atoms with Gasteiger partial charge in [0.2, 0.25) is 5.91 Å². The molecule has 20 heavy (non-hydrogen) atoms. The first kappa shape index (κ1) is 14.1. The number of carbonyl (C=O) groups excluding carboxylic acids is 1. The molecule has 2 N–H and O–H groups in total. The molecular weight excluding hydrogens is 258 g/mol. The Balaban J connectivity index is 2.20. The molecule has 0 saturated carbocycles. The van der Waals surface area contributed by atoms with Gasteiger partial charge in [0.05, 0.1) is 12.7 Å². The second-order valence-electron chi connectivity index (χ2n) is 5.00. The zero-order valence-electron chi connectivity index (χ0n) is 11.7. The Hall–Kier alpha value is -2.30. The molecule has 0 aliphatic carbocycles. The summed E-state index contributed by atoms with van der Waals surface area (Å²) in [6.07, 6.45) is 1.65. The van der Waals surface area contributed by atoms with Gasteiger partial charge in [0, 0.05) is 10.9 Å². The quantitative estimate of drug-likeness (QED) is 0.896. The van der Waals surface area contributed by atoms with Crippen LogP contribution in [0.4, 0.5) is 0 Å². The topological polar surface area (TPSA) is 79.5 Å². The SMILES string of the molecule is Cc1cc2occ(CC(=O)N[C@H](C)C(=O)O)c2cc1C. The van der Waals surface area contributed by atoms with E-state index in [2.05, 4.69) is 5.32 Å². The molecule has 2 aromatic rings. The highest BCUT2D eigenvalue weighted by Crippen LogP contribution is 2.25. The van der Waals surface area contributed by atoms with Crippen LogP contribution in [0, 0.1) is 13.8 Å². The van der Waals surface area contributed by atoms with Gasteiger partial charge < -0.3 is 14.8 Å². The highest BCUT2D eigenvalue weighted by molar-refractivity contribution is 5.90. The van der Waals surface area contributed by atoms with Crippen LogP contribution in [0.25, 0.3) is 11.0 Å². The Bertz CT molecular complexity index is 672. The third kappa shape index (κ3) is 2.82. The summed E-state index contributed by atoms with van der Waals surface area (Å²) in [5, 5.41) is 12.1. The third-order valence-corrected chi connectivity index (χ3v) is 3.37. The average Bonchev–Trinajstić information content (AvgIpc) is 2.72. The van der Waals surface area contributed by atoms with Crippen LogP contribution in [0.15, 0.2) is 22.8 Å². The summed E-state index contributed by atoms with van der Waals surface area (Å²) < 4.78 is 5.44. The maximum Gasteiger partial charge on any atom is 0.325 e. The van der Waals surface area contributed by atoms with Crippen LogP contribution < -0.4 is 5.32 Å². The molecule has 1 heterocycles. The number of carbonyl (C=O) groups is 2. The van der Waals surface area contributed by atoms with Crippen LogP contribution in [0.2, 0.25) is 0 Å². The molecule has 0 bridgehead atoms. The van der Waals surface area contributed by atoms with E-state index >= 15 is 0 Å². The minimum absolute atomic E-state index is 0.104. The van der Waals surface area contributed by atoms with Gasteiger partial charge in [0.15, 0.2) is 0 Å². The lowest BCUT2D eigenvalue weighted by Crippen LogP contribution is -2.39. The van der Waals surface area contributed by atoms with Crippen LogP contribution in [-0.2, 0) is 16.0 Å². The summed E-state index contributed by atoms with van der Waals surface area (Å²) >= 11 is 0. The van der Waals surface area contributed by atoms with E-state index in [0.29, 0.717) is 0 Å². The maximum absolute atomic E-state index is 11.8. The number of benzene rings is 1. The molecule has 1 aromatic heterocycles. The fourth-order valence-corrected chi connectivity index (χ4v) is 2.00. The number of rotatable bonds is 4. The lowest BCUT2D eigenvalue weighted by atomic mass is 10.0. The fraction of sp³-hybridized carbons (Fsp3) is 0.333. The number of fused-ring (bicyclic) bond motifs is 1. The van der Waals surface area contributed by atoms with E-state index in [1.165, 1.54) is 6.92 Å². The van der Waals surface area contributed by atoms with Gasteiger partial charge in [-0.05, 0) is 44.0 Å². The minimum atomic E-state index is -1.05. The van der Waals surface area contributed by atoms with Gasteiger partial charge in [-0.2, -0.15) is 0 Å². The zero-order valence-corrected chi connectivity index (χ0v) is 11.7. The summed E-state index contributed by atoms with van der Waals surface area (Å²) in [6.45, 7) is 5.43. The number of aryl methyl sites for hydroxylation is 2. The average molecular weight is 275 g/mol. The summed E-state index contributed by atoms with van der Waals surface area (Å²) in [4.78, 5) is 22.5. The number of amides is 1. The Labute approximate surface area is 116 Å². The molecule has 0 radical (unpaired) electrons. The zero-order chi connectivity index (χ0) is 14.9. The molecule has 1 atom stereocenters. The van der Waals surface area contributed by atoms with Crippen molar-refractivity contribution in [2.45, 2.75) is 33.2 Å². The molecule has 2 rings (SSSR count). The number of aliphatic carboxylic acids is 1. The monoisotopic (exact) mass is 275 g/mol. The number of furan rings is 1. The van der Waals surface area contributed by atoms with Crippen molar-refractivity contribution < 1.29 is 19.1 Å². The molecule has 0 saturated heterocycles. The number of carboxylic acids is 1. The van der Waals surface area contributed by atoms with E-state index in [0.717, 1.165) is 27.7 Å². The third-order valence-electron chi connectivity index (χ3n) is 3.37. The van der Waals surface area contributed by atoms with Crippen molar-refractivity contribution >= 4 is 22.8 Å². The molecular formula is C15H17NO4. The van der Waals surface area contributed by atoms with Gasteiger partial charge in [-0.25, -0.2) is 0 Å². The van der Waals surface area contributed by atoms with E-state index < -0.39 is 12.0 Å². The molecule has 106 valence electrons. The van der Waals surface area contributed by atoms with Gasteiger partial charge in [0.25, 0.3) is 0 Å². The largest absolute Gasteiger partial charge is 0.480 e. The van der Waals surface area contributed by atoms with Gasteiger partial charge in [0.1, 0.15) is 11.6 Å². The highest BCUT2D eigenvalue weighted by atomic mass is 16.4. The second kappa shape index (κ2) is 5.36. The Morgan fingerprint density at radius 1 is 1.30 bits per heavy atom. The number of hydrogen-bond acceptors (Lipinski definition) is 3. The number of carboxylic acid groups (broad SMARTS) is 1. The van der Waals surface area contributed by atoms with Gasteiger partial charge in [-0.3, -0.25) is 9.59 Å². The predicted molar refractivity (Wildman–Crippen MR) is 74.6 cm³/mol. The van der Waals surface area contributed by atoms with Crippen molar-refractivity contribution in [3.05, 3.63) is 35.1 Å². The van der Waals surface area contributed by atoms with Crippen molar-refractivity contribution in [3.8, 4) is 0 Å². The molecule has 0 aliphatic rings. The van der Waals surface area contributed by atoms with Crippen molar-refractivity contribution in [3.63, 3.8) is 0 Å². The molecule has 5 heteroatoms. The standard InChI is InChI=1S/C15H17NO4/c1-8-4-12-11(7-20-13(12)5-9(8)2)6-14(17)16-10(3)15(18)19/h4-5,7,10H,6H2,1-3H3,(H,16,17)(H,18,19)/t10-/m1/s1. The number of hydrogen-bond donors (Lipinski definition) is 2. The fourth-order valence-electron chi connectivity index (χ4n) is 2.00. The van der Waals surface area contributed by atoms with Crippen LogP contribution in [0.3, 0.4) is 0 Å². The van der Waals surface area contributed by atoms with Crippen LogP contribution in [-0.4, -0.2) is 23.0 Å². The van der Waals surface area contributed by atoms with Crippen LogP contribution in [0.5, 0.6) is 0 Å². The van der Waals surface area contributed by atoms with Crippen LogP contribution >= 0.6 is 0 Å². The second-order valence-corrected chi connectivity index (χ2v) is 5.00. The molecule has 1 aromatic carbocycles. The number of nitrogens with one attached hydrogen (secondary N) is 1. The van der Waals surface area contributed by atoms with Gasteiger partial charge in [-0.15, -0.1) is 0 Å². The van der Waals surface area contributed by atoms with Crippen molar-refractivity contribution in [1.29, 1.82) is 0 Å². The predicted octanol–water partition coefficient (Wildman–Crippen LogP) is 2.18. The minimum Gasteiger partial charge on any atom is -0.480 e. The summed E-state index contributed by atoms with van der Waals surface area (Å²) in [7, 11) is 0. The lowest BCUT2D eigenvalue weighted by molar-refractivity contribution is -0.141. The Morgan fingerprint density at radius 3 is 2.60 bits per heavy atom. The van der Waals surface area contributed by atoms with E-state index in [1.807, 2.05) is 26.0 Å². The molecule has 1 amide bonds. The first-order valence-corrected chi connectivity index (χ1v) is 6.38.